The summed E-state index contributed by atoms with van der Waals surface area (Å²) in [5.74, 6) is 0.700. The third-order valence-electron chi connectivity index (χ3n) is 2.45. The van der Waals surface area contributed by atoms with E-state index in [9.17, 15) is 4.79 Å². The number of aryl methyl sites for hydroxylation is 1. The van der Waals surface area contributed by atoms with E-state index in [-0.39, 0.29) is 11.2 Å². The van der Waals surface area contributed by atoms with E-state index in [1.165, 1.54) is 11.8 Å². The van der Waals surface area contributed by atoms with Crippen molar-refractivity contribution >= 4 is 17.7 Å². The summed E-state index contributed by atoms with van der Waals surface area (Å²) in [5, 5.41) is 3.71. The zero-order valence-electron chi connectivity index (χ0n) is 10.9. The second kappa shape index (κ2) is 6.69. The smallest absolute Gasteiger partial charge is 0.233 e. The number of hydrogen-bond acceptors (Lipinski definition) is 3. The molecule has 0 saturated heterocycles. The molecule has 4 nitrogen and oxygen atoms in total. The fraction of sp³-hybridized carbons (Fsp3) is 0.667. The molecule has 0 saturated carbocycles. The van der Waals surface area contributed by atoms with Crippen molar-refractivity contribution < 1.29 is 4.79 Å². The first kappa shape index (κ1) is 14.1. The van der Waals surface area contributed by atoms with Gasteiger partial charge in [0, 0.05) is 26.0 Å². The highest BCUT2D eigenvalue weighted by molar-refractivity contribution is 8.00. The van der Waals surface area contributed by atoms with Crippen molar-refractivity contribution in [1.29, 1.82) is 0 Å². The molecule has 0 fully saturated rings. The van der Waals surface area contributed by atoms with Gasteiger partial charge in [-0.2, -0.15) is 0 Å². The first-order chi connectivity index (χ1) is 8.00. The fourth-order valence-corrected chi connectivity index (χ4v) is 2.16. The third kappa shape index (κ3) is 4.81. The highest BCUT2D eigenvalue weighted by atomic mass is 32.2. The number of nitrogens with zero attached hydrogens (tertiary/aromatic N) is 2. The largest absolute Gasteiger partial charge is 0.355 e. The minimum absolute atomic E-state index is 0.0821. The number of thioether (sulfide) groups is 1. The first-order valence-corrected chi connectivity index (χ1v) is 6.80. The van der Waals surface area contributed by atoms with Crippen LogP contribution in [-0.4, -0.2) is 27.3 Å². The van der Waals surface area contributed by atoms with Crippen LogP contribution in [-0.2, 0) is 11.8 Å². The van der Waals surface area contributed by atoms with Gasteiger partial charge >= 0.3 is 0 Å². The minimum atomic E-state index is -0.108. The number of imidazole rings is 1. The Balaban J connectivity index is 2.35. The number of aromatic nitrogens is 2. The number of carbonyl (C=O) groups is 1. The van der Waals surface area contributed by atoms with Gasteiger partial charge in [0.1, 0.15) is 0 Å². The van der Waals surface area contributed by atoms with E-state index in [2.05, 4.69) is 24.1 Å². The minimum Gasteiger partial charge on any atom is -0.355 e. The van der Waals surface area contributed by atoms with Gasteiger partial charge in [0.05, 0.1) is 5.25 Å². The van der Waals surface area contributed by atoms with Crippen LogP contribution in [0.2, 0.25) is 0 Å². The van der Waals surface area contributed by atoms with Crippen molar-refractivity contribution in [3.8, 4) is 0 Å². The van der Waals surface area contributed by atoms with Crippen molar-refractivity contribution in [1.82, 2.24) is 14.9 Å². The van der Waals surface area contributed by atoms with Crippen LogP contribution < -0.4 is 5.32 Å². The topological polar surface area (TPSA) is 46.9 Å². The molecule has 0 spiro atoms. The Hall–Kier alpha value is -0.970. The number of nitrogens with one attached hydrogen (secondary N) is 1. The molecule has 0 aromatic carbocycles. The predicted octanol–water partition coefficient (Wildman–Crippen LogP) is 2.06. The summed E-state index contributed by atoms with van der Waals surface area (Å²) in [6, 6.07) is 0. The van der Waals surface area contributed by atoms with Crippen LogP contribution in [0.4, 0.5) is 0 Å². The zero-order valence-corrected chi connectivity index (χ0v) is 11.8. The lowest BCUT2D eigenvalue weighted by atomic mass is 10.1. The average Bonchev–Trinajstić information content (AvgIpc) is 2.63. The van der Waals surface area contributed by atoms with E-state index in [1.54, 1.807) is 6.20 Å². The van der Waals surface area contributed by atoms with Gasteiger partial charge < -0.3 is 9.88 Å². The molecule has 17 heavy (non-hydrogen) atoms. The Labute approximate surface area is 107 Å². The summed E-state index contributed by atoms with van der Waals surface area (Å²) in [6.07, 6.45) is 4.64. The SMILES string of the molecule is CC(C)CCNC(=O)C(C)Sc1nccn1C. The van der Waals surface area contributed by atoms with Gasteiger partial charge in [-0.05, 0) is 19.3 Å². The van der Waals surface area contributed by atoms with Gasteiger partial charge in [-0.25, -0.2) is 4.98 Å². The molecule has 0 bridgehead atoms. The van der Waals surface area contributed by atoms with Crippen LogP contribution >= 0.6 is 11.8 Å². The average molecular weight is 255 g/mol. The fourth-order valence-electron chi connectivity index (χ4n) is 1.30. The zero-order chi connectivity index (χ0) is 12.8. The summed E-state index contributed by atoms with van der Waals surface area (Å²) in [5.41, 5.74) is 0. The number of carbonyl (C=O) groups excluding carboxylic acids is 1. The van der Waals surface area contributed by atoms with E-state index in [4.69, 9.17) is 0 Å². The summed E-state index contributed by atoms with van der Waals surface area (Å²) >= 11 is 1.48. The van der Waals surface area contributed by atoms with Gasteiger partial charge in [0.25, 0.3) is 0 Å². The molecule has 1 amide bonds. The molecule has 5 heteroatoms. The van der Waals surface area contributed by atoms with Crippen molar-refractivity contribution in [2.75, 3.05) is 6.54 Å². The van der Waals surface area contributed by atoms with Crippen molar-refractivity contribution in [3.63, 3.8) is 0 Å². The van der Waals surface area contributed by atoms with Crippen molar-refractivity contribution in [2.24, 2.45) is 13.0 Å². The lowest BCUT2D eigenvalue weighted by molar-refractivity contribution is -0.120. The van der Waals surface area contributed by atoms with Gasteiger partial charge in [0.2, 0.25) is 5.91 Å². The standard InChI is InChI=1S/C12H21N3OS/c1-9(2)5-6-13-11(16)10(3)17-12-14-7-8-15(12)4/h7-10H,5-6H2,1-4H3,(H,13,16). The van der Waals surface area contributed by atoms with Gasteiger partial charge in [-0.3, -0.25) is 4.79 Å². The quantitative estimate of drug-likeness (QED) is 0.792. The van der Waals surface area contributed by atoms with E-state index in [0.717, 1.165) is 18.1 Å². The maximum Gasteiger partial charge on any atom is 0.233 e. The normalized spacial score (nSPS) is 12.8. The van der Waals surface area contributed by atoms with Crippen LogP contribution in [0.1, 0.15) is 27.2 Å². The van der Waals surface area contributed by atoms with Crippen molar-refractivity contribution in [2.45, 2.75) is 37.6 Å². The number of hydrogen-bond donors (Lipinski definition) is 1. The Kier molecular flexibility index (Phi) is 5.55. The van der Waals surface area contributed by atoms with Crippen LogP contribution in [0, 0.1) is 5.92 Å². The first-order valence-electron chi connectivity index (χ1n) is 5.92. The Morgan fingerprint density at radius 1 is 1.53 bits per heavy atom. The summed E-state index contributed by atoms with van der Waals surface area (Å²) in [4.78, 5) is 16.0. The van der Waals surface area contributed by atoms with E-state index in [0.29, 0.717) is 5.92 Å². The second-order valence-corrected chi connectivity index (χ2v) is 5.86. The van der Waals surface area contributed by atoms with Crippen LogP contribution in [0.5, 0.6) is 0 Å². The van der Waals surface area contributed by atoms with E-state index >= 15 is 0 Å². The molecular weight excluding hydrogens is 234 g/mol. The highest BCUT2D eigenvalue weighted by Gasteiger charge is 2.15. The molecule has 1 rings (SSSR count). The van der Waals surface area contributed by atoms with Gasteiger partial charge in [0.15, 0.2) is 5.16 Å². The maximum atomic E-state index is 11.8. The van der Waals surface area contributed by atoms with E-state index in [1.807, 2.05) is 24.7 Å². The molecule has 1 N–H and O–H groups in total. The molecular formula is C12H21N3OS. The monoisotopic (exact) mass is 255 g/mol. The van der Waals surface area contributed by atoms with Gasteiger partial charge in [-0.1, -0.05) is 25.6 Å². The Morgan fingerprint density at radius 3 is 2.76 bits per heavy atom. The van der Waals surface area contributed by atoms with Gasteiger partial charge in [-0.15, -0.1) is 0 Å². The molecule has 0 aliphatic rings. The molecule has 0 radical (unpaired) electrons. The summed E-state index contributed by atoms with van der Waals surface area (Å²) < 4.78 is 1.92. The molecule has 1 aromatic rings. The molecule has 1 atom stereocenters. The lowest BCUT2D eigenvalue weighted by Crippen LogP contribution is -2.32. The number of amides is 1. The highest BCUT2D eigenvalue weighted by Crippen LogP contribution is 2.20. The summed E-state index contributed by atoms with van der Waals surface area (Å²) in [7, 11) is 1.93. The maximum absolute atomic E-state index is 11.8. The lowest BCUT2D eigenvalue weighted by Gasteiger charge is -2.12. The summed E-state index contributed by atoms with van der Waals surface area (Å²) in [6.45, 7) is 6.96. The molecule has 0 aliphatic heterocycles. The van der Waals surface area contributed by atoms with Crippen molar-refractivity contribution in [3.05, 3.63) is 12.4 Å². The second-order valence-electron chi connectivity index (χ2n) is 4.55. The van der Waals surface area contributed by atoms with E-state index < -0.39 is 0 Å². The molecule has 1 unspecified atom stereocenters. The molecule has 1 heterocycles. The predicted molar refractivity (Wildman–Crippen MR) is 71.0 cm³/mol. The Morgan fingerprint density at radius 2 is 2.24 bits per heavy atom. The third-order valence-corrected chi connectivity index (χ3v) is 3.62. The number of rotatable bonds is 6. The van der Waals surface area contributed by atoms with Crippen LogP contribution in [0.15, 0.2) is 17.6 Å². The molecule has 0 aliphatic carbocycles. The molecule has 1 aromatic heterocycles. The Bertz CT molecular complexity index is 362. The van der Waals surface area contributed by atoms with Crippen LogP contribution in [0.25, 0.3) is 0 Å². The molecule has 96 valence electrons. The van der Waals surface area contributed by atoms with Crippen LogP contribution in [0.3, 0.4) is 0 Å².